The quantitative estimate of drug-likeness (QED) is 0.785. The highest BCUT2D eigenvalue weighted by Gasteiger charge is 2.09. The Balaban J connectivity index is 3.00. The summed E-state index contributed by atoms with van der Waals surface area (Å²) in [5, 5.41) is 12.6. The number of hydrogen-bond acceptors (Lipinski definition) is 3. The number of nitrogens with zero attached hydrogens (tertiary/aromatic N) is 1. The van der Waals surface area contributed by atoms with E-state index in [0.29, 0.717) is 6.04 Å². The van der Waals surface area contributed by atoms with Crippen LogP contribution >= 0.6 is 11.8 Å². The third-order valence-electron chi connectivity index (χ3n) is 2.45. The molecule has 1 N–H and O–H groups in total. The van der Waals surface area contributed by atoms with Crippen LogP contribution in [0.25, 0.3) is 0 Å². The lowest BCUT2D eigenvalue weighted by Crippen LogP contribution is -2.14. The molecule has 0 aliphatic heterocycles. The first-order valence-electron chi connectivity index (χ1n) is 5.65. The van der Waals surface area contributed by atoms with E-state index in [4.69, 9.17) is 0 Å². The van der Waals surface area contributed by atoms with Crippen LogP contribution in [-0.2, 0) is 0 Å². The van der Waals surface area contributed by atoms with E-state index in [1.54, 1.807) is 11.8 Å². The van der Waals surface area contributed by atoms with Gasteiger partial charge in [-0.25, -0.2) is 0 Å². The van der Waals surface area contributed by atoms with Gasteiger partial charge in [0.25, 0.3) is 0 Å². The van der Waals surface area contributed by atoms with Crippen LogP contribution in [0.3, 0.4) is 0 Å². The predicted molar refractivity (Wildman–Crippen MR) is 70.9 cm³/mol. The lowest BCUT2D eigenvalue weighted by atomic mass is 10.1. The second-order valence-corrected chi connectivity index (χ2v) is 4.98. The van der Waals surface area contributed by atoms with Crippen LogP contribution in [0, 0.1) is 11.3 Å². The van der Waals surface area contributed by atoms with Crippen LogP contribution in [0.5, 0.6) is 0 Å². The lowest BCUT2D eigenvalue weighted by Gasteiger charge is -2.15. The van der Waals surface area contributed by atoms with Gasteiger partial charge in [-0.15, -0.1) is 11.8 Å². The van der Waals surface area contributed by atoms with Crippen molar-refractivity contribution in [3.63, 3.8) is 0 Å². The van der Waals surface area contributed by atoms with Gasteiger partial charge in [0.1, 0.15) is 6.07 Å². The fourth-order valence-corrected chi connectivity index (χ4v) is 2.20. The summed E-state index contributed by atoms with van der Waals surface area (Å²) in [4.78, 5) is 1.07. The summed E-state index contributed by atoms with van der Waals surface area (Å²) in [5.74, 6) is 0.988. The van der Waals surface area contributed by atoms with Crippen molar-refractivity contribution in [2.24, 2.45) is 0 Å². The Morgan fingerprint density at radius 3 is 2.75 bits per heavy atom. The van der Waals surface area contributed by atoms with Crippen LogP contribution in [0.4, 0.5) is 5.69 Å². The summed E-state index contributed by atoms with van der Waals surface area (Å²) in [7, 11) is 0. The molecule has 3 heteroatoms. The standard InChI is InChI=1S/C13H18N2S/c1-4-10(3)15-12-7-6-8-13(16-5-2)11(12)9-14/h6-8,10,15H,4-5H2,1-3H3. The van der Waals surface area contributed by atoms with E-state index in [-0.39, 0.29) is 0 Å². The highest BCUT2D eigenvalue weighted by Crippen LogP contribution is 2.28. The summed E-state index contributed by atoms with van der Waals surface area (Å²) >= 11 is 1.71. The van der Waals surface area contributed by atoms with Crippen molar-refractivity contribution >= 4 is 17.4 Å². The Morgan fingerprint density at radius 2 is 2.19 bits per heavy atom. The minimum absolute atomic E-state index is 0.397. The van der Waals surface area contributed by atoms with Crippen molar-refractivity contribution < 1.29 is 0 Å². The molecular formula is C13H18N2S. The van der Waals surface area contributed by atoms with Crippen LogP contribution in [-0.4, -0.2) is 11.8 Å². The maximum atomic E-state index is 9.21. The van der Waals surface area contributed by atoms with E-state index >= 15 is 0 Å². The van der Waals surface area contributed by atoms with Crippen molar-refractivity contribution in [1.82, 2.24) is 0 Å². The summed E-state index contributed by atoms with van der Waals surface area (Å²) in [5.41, 5.74) is 1.73. The highest BCUT2D eigenvalue weighted by molar-refractivity contribution is 7.99. The molecule has 0 radical (unpaired) electrons. The number of anilines is 1. The molecule has 0 bridgehead atoms. The molecule has 1 aromatic carbocycles. The second-order valence-electron chi connectivity index (χ2n) is 3.68. The number of nitriles is 1. The average Bonchev–Trinajstić information content (AvgIpc) is 2.29. The average molecular weight is 234 g/mol. The first-order chi connectivity index (χ1) is 7.72. The van der Waals surface area contributed by atoms with Gasteiger partial charge in [0, 0.05) is 10.9 Å². The first kappa shape index (κ1) is 12.9. The van der Waals surface area contributed by atoms with Crippen molar-refractivity contribution in [2.45, 2.75) is 38.1 Å². The summed E-state index contributed by atoms with van der Waals surface area (Å²) in [6.45, 7) is 6.36. The van der Waals surface area contributed by atoms with Gasteiger partial charge in [-0.05, 0) is 31.2 Å². The van der Waals surface area contributed by atoms with Crippen LogP contribution in [0.1, 0.15) is 32.8 Å². The monoisotopic (exact) mass is 234 g/mol. The van der Waals surface area contributed by atoms with E-state index < -0.39 is 0 Å². The molecular weight excluding hydrogens is 216 g/mol. The number of thioether (sulfide) groups is 1. The van der Waals surface area contributed by atoms with E-state index in [1.165, 1.54) is 0 Å². The largest absolute Gasteiger partial charge is 0.382 e. The van der Waals surface area contributed by atoms with E-state index in [9.17, 15) is 5.26 Å². The predicted octanol–water partition coefficient (Wildman–Crippen LogP) is 3.88. The molecule has 0 heterocycles. The van der Waals surface area contributed by atoms with Crippen molar-refractivity contribution in [2.75, 3.05) is 11.1 Å². The first-order valence-corrected chi connectivity index (χ1v) is 6.63. The molecule has 1 aromatic rings. The summed E-state index contributed by atoms with van der Waals surface area (Å²) in [6, 6.07) is 8.68. The van der Waals surface area contributed by atoms with Crippen molar-refractivity contribution in [3.8, 4) is 6.07 Å². The Kier molecular flexibility index (Phi) is 5.21. The summed E-state index contributed by atoms with van der Waals surface area (Å²) < 4.78 is 0. The zero-order chi connectivity index (χ0) is 12.0. The fraction of sp³-hybridized carbons (Fsp3) is 0.462. The number of rotatable bonds is 5. The molecule has 0 spiro atoms. The highest BCUT2D eigenvalue weighted by atomic mass is 32.2. The number of nitrogens with one attached hydrogen (secondary N) is 1. The molecule has 0 fully saturated rings. The zero-order valence-corrected chi connectivity index (χ0v) is 10.9. The number of benzene rings is 1. The van der Waals surface area contributed by atoms with Gasteiger partial charge in [-0.3, -0.25) is 0 Å². The molecule has 0 aliphatic rings. The van der Waals surface area contributed by atoms with Crippen molar-refractivity contribution in [1.29, 1.82) is 5.26 Å². The van der Waals surface area contributed by atoms with Crippen LogP contribution in [0.15, 0.2) is 23.1 Å². The summed E-state index contributed by atoms with van der Waals surface area (Å²) in [6.07, 6.45) is 1.05. The van der Waals surface area contributed by atoms with Crippen LogP contribution < -0.4 is 5.32 Å². The van der Waals surface area contributed by atoms with Gasteiger partial charge in [0.2, 0.25) is 0 Å². The van der Waals surface area contributed by atoms with Crippen LogP contribution in [0.2, 0.25) is 0 Å². The van der Waals surface area contributed by atoms with E-state index in [0.717, 1.165) is 28.3 Å². The maximum absolute atomic E-state index is 9.21. The van der Waals surface area contributed by atoms with Gasteiger partial charge >= 0.3 is 0 Å². The molecule has 0 aliphatic carbocycles. The SMILES string of the molecule is CCSc1cccc(NC(C)CC)c1C#N. The topological polar surface area (TPSA) is 35.8 Å². The smallest absolute Gasteiger partial charge is 0.102 e. The number of hydrogen-bond donors (Lipinski definition) is 1. The Morgan fingerprint density at radius 1 is 1.44 bits per heavy atom. The van der Waals surface area contributed by atoms with Crippen molar-refractivity contribution in [3.05, 3.63) is 23.8 Å². The second kappa shape index (κ2) is 6.44. The Labute approximate surface area is 102 Å². The minimum atomic E-state index is 0.397. The lowest BCUT2D eigenvalue weighted by molar-refractivity contribution is 0.763. The maximum Gasteiger partial charge on any atom is 0.102 e. The van der Waals surface area contributed by atoms with Gasteiger partial charge in [-0.1, -0.05) is 19.9 Å². The van der Waals surface area contributed by atoms with E-state index in [1.807, 2.05) is 18.2 Å². The Hall–Kier alpha value is -1.14. The van der Waals surface area contributed by atoms with Gasteiger partial charge in [-0.2, -0.15) is 5.26 Å². The molecule has 86 valence electrons. The fourth-order valence-electron chi connectivity index (χ4n) is 1.41. The minimum Gasteiger partial charge on any atom is -0.382 e. The molecule has 0 saturated heterocycles. The van der Waals surface area contributed by atoms with Gasteiger partial charge < -0.3 is 5.32 Å². The molecule has 1 rings (SSSR count). The normalized spacial score (nSPS) is 11.9. The third-order valence-corrected chi connectivity index (χ3v) is 3.39. The van der Waals surface area contributed by atoms with Gasteiger partial charge in [0.05, 0.1) is 11.3 Å². The van der Waals surface area contributed by atoms with E-state index in [2.05, 4.69) is 32.2 Å². The third kappa shape index (κ3) is 3.18. The molecule has 2 nitrogen and oxygen atoms in total. The zero-order valence-electron chi connectivity index (χ0n) is 10.1. The molecule has 1 atom stereocenters. The Bertz CT molecular complexity index is 382. The molecule has 1 unspecified atom stereocenters. The molecule has 0 amide bonds. The molecule has 0 aromatic heterocycles. The molecule has 0 saturated carbocycles. The van der Waals surface area contributed by atoms with Gasteiger partial charge in [0.15, 0.2) is 0 Å². The molecule has 16 heavy (non-hydrogen) atoms.